The zero-order valence-corrected chi connectivity index (χ0v) is 28.5. The first-order valence-corrected chi connectivity index (χ1v) is 17.0. The lowest BCUT2D eigenvalue weighted by molar-refractivity contribution is -0.349. The van der Waals surface area contributed by atoms with Crippen LogP contribution in [-0.2, 0) is 47.7 Å². The third-order valence-electron chi connectivity index (χ3n) is 13.5. The Balaban J connectivity index is 1.52. The van der Waals surface area contributed by atoms with E-state index < -0.39 is 106 Å². The molecule has 6 saturated carbocycles. The van der Waals surface area contributed by atoms with E-state index in [1.54, 1.807) is 20.8 Å². The second kappa shape index (κ2) is 9.80. The average molecular weight is 658 g/mol. The third-order valence-corrected chi connectivity index (χ3v) is 13.5. The number of carbonyl (C=O) groups excluding carboxylic acids is 5. The first-order valence-electron chi connectivity index (χ1n) is 17.0. The monoisotopic (exact) mass is 657 g/mol. The highest BCUT2D eigenvalue weighted by molar-refractivity contribution is 5.75. The van der Waals surface area contributed by atoms with E-state index in [9.17, 15) is 29.1 Å². The molecule has 0 aromatic rings. The Morgan fingerprint density at radius 2 is 1.55 bits per heavy atom. The standard InChI is InChI=1S/C35H47NO11/c1-10-16(4)29(41)45-22-13-33-24-21-12-32-11-17(5)23(27(46-28(40)15(2)3)35(32,33)47-20(8)39)26(44-19(7)38)34(32,42)30(33)36(21)14-31(24,9)25(22)43-18(6)37/h15-16,21-27,30,42H,5,10-14H2,1-4,6-9H3/t16?,21?,22-,23+,24?,25-,26-,27-,30+,31+,32-,33-,34-,35+/m1/s1. The van der Waals surface area contributed by atoms with Gasteiger partial charge >= 0.3 is 29.8 Å². The Kier molecular flexibility index (Phi) is 6.79. The molecule has 2 spiro atoms. The largest absolute Gasteiger partial charge is 0.459 e. The van der Waals surface area contributed by atoms with Crippen LogP contribution in [-0.4, -0.2) is 94.1 Å². The first kappa shape index (κ1) is 32.6. The van der Waals surface area contributed by atoms with Crippen molar-refractivity contribution in [3.63, 3.8) is 0 Å². The molecule has 4 unspecified atom stereocenters. The zero-order valence-electron chi connectivity index (χ0n) is 28.5. The summed E-state index contributed by atoms with van der Waals surface area (Å²) in [6.07, 6.45) is -2.84. The van der Waals surface area contributed by atoms with Crippen molar-refractivity contribution in [2.45, 2.75) is 129 Å². The van der Waals surface area contributed by atoms with Gasteiger partial charge in [0, 0.05) is 44.2 Å². The fourth-order valence-electron chi connectivity index (χ4n) is 12.5. The maximum absolute atomic E-state index is 13.6. The van der Waals surface area contributed by atoms with Crippen LogP contribution in [0, 0.1) is 39.9 Å². The Hall–Kier alpha value is -2.99. The number of aliphatic hydroxyl groups is 1. The highest BCUT2D eigenvalue weighted by atomic mass is 16.6. The molecule has 6 aliphatic carbocycles. The number of piperidine rings is 2. The number of esters is 5. The van der Waals surface area contributed by atoms with Gasteiger partial charge in [0.2, 0.25) is 0 Å². The minimum atomic E-state index is -1.73. The van der Waals surface area contributed by atoms with Crippen molar-refractivity contribution >= 4 is 29.8 Å². The van der Waals surface area contributed by atoms with E-state index in [0.29, 0.717) is 25.0 Å². The number of ether oxygens (including phenoxy) is 5. The van der Waals surface area contributed by atoms with Crippen LogP contribution in [0.3, 0.4) is 0 Å². The number of carbonyl (C=O) groups is 5. The molecule has 3 heterocycles. The highest BCUT2D eigenvalue weighted by Gasteiger charge is 3.03. The Morgan fingerprint density at radius 1 is 0.915 bits per heavy atom. The van der Waals surface area contributed by atoms with Gasteiger partial charge in [0.05, 0.1) is 29.2 Å². The SMILES string of the molecule is C=C1C[C@@]23CC4C5[C@]6(C)CN4[C@@H]4[C@]2(O)[C@H](OC(C)=O)[C@H]1[C@@H](OC(=O)C(C)C)[C@@]3(OC(C)=O)[C@]54C[C@@H](OC(=O)C(C)CC)[C@H]6OC(C)=O. The molecular formula is C35H47NO11. The molecule has 9 bridgehead atoms. The van der Waals surface area contributed by atoms with Crippen LogP contribution >= 0.6 is 0 Å². The van der Waals surface area contributed by atoms with Crippen molar-refractivity contribution in [2.75, 3.05) is 6.54 Å². The first-order chi connectivity index (χ1) is 21.9. The van der Waals surface area contributed by atoms with Crippen LogP contribution in [0.4, 0.5) is 0 Å². The van der Waals surface area contributed by atoms with E-state index in [2.05, 4.69) is 11.5 Å². The molecule has 0 radical (unpaired) electrons. The molecule has 0 aromatic carbocycles. The normalized spacial score (nSPS) is 49.5. The van der Waals surface area contributed by atoms with Crippen LogP contribution in [0.5, 0.6) is 0 Å². The van der Waals surface area contributed by atoms with Crippen molar-refractivity contribution in [1.29, 1.82) is 0 Å². The van der Waals surface area contributed by atoms with Gasteiger partial charge < -0.3 is 28.8 Å². The minimum absolute atomic E-state index is 0.0735. The van der Waals surface area contributed by atoms with E-state index in [-0.39, 0.29) is 24.8 Å². The van der Waals surface area contributed by atoms with Crippen molar-refractivity contribution in [3.05, 3.63) is 12.2 Å². The van der Waals surface area contributed by atoms with E-state index in [4.69, 9.17) is 23.7 Å². The molecule has 0 amide bonds. The summed E-state index contributed by atoms with van der Waals surface area (Å²) in [7, 11) is 0. The smallest absolute Gasteiger partial charge is 0.309 e. The van der Waals surface area contributed by atoms with Gasteiger partial charge in [-0.1, -0.05) is 46.8 Å². The van der Waals surface area contributed by atoms with E-state index >= 15 is 0 Å². The van der Waals surface area contributed by atoms with Crippen molar-refractivity contribution in [2.24, 2.45) is 39.9 Å². The summed E-state index contributed by atoms with van der Waals surface area (Å²) in [6, 6.07) is -0.836. The maximum atomic E-state index is 13.6. The summed E-state index contributed by atoms with van der Waals surface area (Å²) in [4.78, 5) is 68.2. The molecule has 12 heteroatoms. The van der Waals surface area contributed by atoms with E-state index in [0.717, 1.165) is 0 Å². The summed E-state index contributed by atoms with van der Waals surface area (Å²) in [5.41, 5.74) is -5.86. The van der Waals surface area contributed by atoms with Gasteiger partial charge in [0.25, 0.3) is 0 Å². The number of nitrogens with zero attached hydrogens (tertiary/aromatic N) is 1. The van der Waals surface area contributed by atoms with Gasteiger partial charge in [-0.3, -0.25) is 28.9 Å². The van der Waals surface area contributed by atoms with Crippen molar-refractivity contribution in [3.8, 4) is 0 Å². The van der Waals surface area contributed by atoms with Crippen LogP contribution in [0.2, 0.25) is 0 Å². The fourth-order valence-corrected chi connectivity index (χ4v) is 12.5. The number of fused-ring (bicyclic) bond motifs is 1. The Morgan fingerprint density at radius 3 is 2.13 bits per heavy atom. The molecular weight excluding hydrogens is 610 g/mol. The van der Waals surface area contributed by atoms with Crippen LogP contribution in [0.15, 0.2) is 12.2 Å². The predicted octanol–water partition coefficient (Wildman–Crippen LogP) is 2.48. The molecule has 9 rings (SSSR count). The lowest BCUT2D eigenvalue weighted by Gasteiger charge is -2.72. The third kappa shape index (κ3) is 3.44. The molecule has 3 aliphatic heterocycles. The topological polar surface area (TPSA) is 155 Å². The molecule has 0 aromatic heterocycles. The number of rotatable bonds is 8. The van der Waals surface area contributed by atoms with Gasteiger partial charge in [-0.2, -0.15) is 0 Å². The molecule has 3 saturated heterocycles. The van der Waals surface area contributed by atoms with Crippen LogP contribution < -0.4 is 0 Å². The van der Waals surface area contributed by atoms with E-state index in [1.807, 2.05) is 13.8 Å². The molecule has 12 nitrogen and oxygen atoms in total. The maximum Gasteiger partial charge on any atom is 0.309 e. The van der Waals surface area contributed by atoms with Gasteiger partial charge in [0.15, 0.2) is 11.7 Å². The molecule has 47 heavy (non-hydrogen) atoms. The highest BCUT2D eigenvalue weighted by Crippen LogP contribution is 2.90. The Bertz CT molecular complexity index is 1490. The number of hydrogen-bond acceptors (Lipinski definition) is 12. The Labute approximate surface area is 274 Å². The quantitative estimate of drug-likeness (QED) is 0.232. The van der Waals surface area contributed by atoms with Crippen molar-refractivity contribution in [1.82, 2.24) is 4.90 Å². The van der Waals surface area contributed by atoms with Crippen LogP contribution in [0.25, 0.3) is 0 Å². The van der Waals surface area contributed by atoms with Gasteiger partial charge in [-0.25, -0.2) is 0 Å². The van der Waals surface area contributed by atoms with Gasteiger partial charge in [0.1, 0.15) is 23.9 Å². The minimum Gasteiger partial charge on any atom is -0.459 e. The fraction of sp³-hybridized carbons (Fsp3) is 0.800. The molecule has 9 fully saturated rings. The average Bonchev–Trinajstić information content (AvgIpc) is 3.39. The molecule has 1 N–H and O–H groups in total. The van der Waals surface area contributed by atoms with Gasteiger partial charge in [-0.15, -0.1) is 0 Å². The summed E-state index contributed by atoms with van der Waals surface area (Å²) in [5, 5.41) is 13.5. The lowest BCUT2D eigenvalue weighted by atomic mass is 9.36. The zero-order chi connectivity index (χ0) is 34.4. The summed E-state index contributed by atoms with van der Waals surface area (Å²) in [5.74, 6) is -4.86. The molecule has 9 aliphatic rings. The summed E-state index contributed by atoms with van der Waals surface area (Å²) in [6.45, 7) is 17.8. The van der Waals surface area contributed by atoms with Gasteiger partial charge in [-0.05, 0) is 31.6 Å². The lowest BCUT2D eigenvalue weighted by Crippen LogP contribution is -2.84. The summed E-state index contributed by atoms with van der Waals surface area (Å²) < 4.78 is 31.6. The predicted molar refractivity (Wildman–Crippen MR) is 162 cm³/mol. The van der Waals surface area contributed by atoms with Crippen molar-refractivity contribution < 1.29 is 52.8 Å². The second-order valence-electron chi connectivity index (χ2n) is 16.0. The molecule has 258 valence electrons. The summed E-state index contributed by atoms with van der Waals surface area (Å²) >= 11 is 0. The molecule has 15 atom stereocenters. The van der Waals surface area contributed by atoms with Crippen LogP contribution in [0.1, 0.15) is 81.1 Å². The van der Waals surface area contributed by atoms with E-state index in [1.165, 1.54) is 20.8 Å². The number of hydrogen-bond donors (Lipinski definition) is 1. The second-order valence-corrected chi connectivity index (χ2v) is 16.0.